The largest absolute Gasteiger partial charge is 0.243 e. The molecule has 0 N–H and O–H groups in total. The smallest absolute Gasteiger partial charge is 0.207 e. The van der Waals surface area contributed by atoms with Crippen molar-refractivity contribution in [2.24, 2.45) is 0 Å². The van der Waals surface area contributed by atoms with Crippen LogP contribution >= 0.6 is 15.9 Å². The first-order valence-electron chi connectivity index (χ1n) is 6.85. The second-order valence-corrected chi connectivity index (χ2v) is 7.99. The molecule has 1 saturated carbocycles. The van der Waals surface area contributed by atoms with E-state index in [1.807, 2.05) is 19.1 Å². The van der Waals surface area contributed by atoms with E-state index < -0.39 is 10.0 Å². The van der Waals surface area contributed by atoms with Crippen LogP contribution in [0.25, 0.3) is 0 Å². The second kappa shape index (κ2) is 6.41. The molecule has 0 heterocycles. The average molecular weight is 358 g/mol. The first-order valence-corrected chi connectivity index (χ1v) is 9.09. The first-order chi connectivity index (χ1) is 9.46. The Balaban J connectivity index is 2.44. The minimum Gasteiger partial charge on any atom is -0.207 e. The molecule has 0 bridgehead atoms. The van der Waals surface area contributed by atoms with Crippen molar-refractivity contribution in [3.05, 3.63) is 40.9 Å². The van der Waals surface area contributed by atoms with E-state index in [0.29, 0.717) is 11.4 Å². The van der Waals surface area contributed by atoms with Gasteiger partial charge < -0.3 is 0 Å². The van der Waals surface area contributed by atoms with Crippen LogP contribution in [-0.2, 0) is 10.0 Å². The van der Waals surface area contributed by atoms with Crippen LogP contribution in [0.4, 0.5) is 0 Å². The van der Waals surface area contributed by atoms with Gasteiger partial charge >= 0.3 is 0 Å². The van der Waals surface area contributed by atoms with Crippen molar-refractivity contribution in [3.63, 3.8) is 0 Å². The van der Waals surface area contributed by atoms with Crippen LogP contribution in [0, 0.1) is 6.92 Å². The third-order valence-electron chi connectivity index (χ3n) is 3.78. The number of aryl methyl sites for hydroxylation is 1. The third-order valence-corrected chi connectivity index (χ3v) is 6.33. The summed E-state index contributed by atoms with van der Waals surface area (Å²) in [5, 5.41) is 0. The lowest BCUT2D eigenvalue weighted by Gasteiger charge is -2.27. The van der Waals surface area contributed by atoms with Crippen molar-refractivity contribution in [2.75, 3.05) is 6.54 Å². The SMILES string of the molecule is C=CCN(C1CCCC1)S(=O)(=O)c1cc(Br)ccc1C. The van der Waals surface area contributed by atoms with Crippen molar-refractivity contribution in [2.45, 2.75) is 43.5 Å². The summed E-state index contributed by atoms with van der Waals surface area (Å²) < 4.78 is 28.3. The molecule has 1 aliphatic rings. The summed E-state index contributed by atoms with van der Waals surface area (Å²) in [6.45, 7) is 5.91. The van der Waals surface area contributed by atoms with Crippen LogP contribution < -0.4 is 0 Å². The summed E-state index contributed by atoms with van der Waals surface area (Å²) >= 11 is 3.36. The van der Waals surface area contributed by atoms with E-state index >= 15 is 0 Å². The van der Waals surface area contributed by atoms with Crippen molar-refractivity contribution in [1.82, 2.24) is 4.31 Å². The van der Waals surface area contributed by atoms with Gasteiger partial charge in [-0.25, -0.2) is 8.42 Å². The van der Waals surface area contributed by atoms with E-state index in [1.165, 1.54) is 0 Å². The van der Waals surface area contributed by atoms with Crippen molar-refractivity contribution in [1.29, 1.82) is 0 Å². The molecule has 20 heavy (non-hydrogen) atoms. The monoisotopic (exact) mass is 357 g/mol. The van der Waals surface area contributed by atoms with Gasteiger partial charge in [-0.2, -0.15) is 4.31 Å². The Bertz CT molecular complexity index is 592. The molecular weight excluding hydrogens is 338 g/mol. The van der Waals surface area contributed by atoms with Gasteiger partial charge in [0.2, 0.25) is 10.0 Å². The Morgan fingerprint density at radius 1 is 1.40 bits per heavy atom. The molecule has 0 amide bonds. The Morgan fingerprint density at radius 3 is 2.65 bits per heavy atom. The van der Waals surface area contributed by atoms with Crippen LogP contribution in [0.1, 0.15) is 31.2 Å². The molecule has 3 nitrogen and oxygen atoms in total. The molecule has 5 heteroatoms. The number of sulfonamides is 1. The highest BCUT2D eigenvalue weighted by Gasteiger charge is 2.33. The van der Waals surface area contributed by atoms with Crippen LogP contribution in [0.2, 0.25) is 0 Å². The molecule has 2 rings (SSSR count). The number of halogens is 1. The number of nitrogens with zero attached hydrogens (tertiary/aromatic N) is 1. The molecule has 1 aromatic rings. The molecule has 0 unspecified atom stereocenters. The lowest BCUT2D eigenvalue weighted by Crippen LogP contribution is -2.39. The van der Waals surface area contributed by atoms with E-state index in [1.54, 1.807) is 16.4 Å². The quantitative estimate of drug-likeness (QED) is 0.749. The Kier molecular flexibility index (Phi) is 5.04. The fraction of sp³-hybridized carbons (Fsp3) is 0.467. The fourth-order valence-electron chi connectivity index (χ4n) is 2.74. The molecule has 1 aromatic carbocycles. The summed E-state index contributed by atoms with van der Waals surface area (Å²) in [5.74, 6) is 0. The highest BCUT2D eigenvalue weighted by Crippen LogP contribution is 2.30. The molecule has 1 fully saturated rings. The molecule has 1 aliphatic carbocycles. The Labute approximate surface area is 129 Å². The van der Waals surface area contributed by atoms with E-state index in [2.05, 4.69) is 22.5 Å². The molecule has 0 aliphatic heterocycles. The van der Waals surface area contributed by atoms with Gasteiger partial charge in [-0.3, -0.25) is 0 Å². The molecular formula is C15H20BrNO2S. The van der Waals surface area contributed by atoms with Crippen molar-refractivity contribution >= 4 is 26.0 Å². The lowest BCUT2D eigenvalue weighted by atomic mass is 10.2. The summed E-state index contributed by atoms with van der Waals surface area (Å²) in [5.41, 5.74) is 0.778. The minimum atomic E-state index is -3.47. The fourth-order valence-corrected chi connectivity index (χ4v) is 5.16. The summed E-state index contributed by atoms with van der Waals surface area (Å²) in [6, 6.07) is 5.49. The lowest BCUT2D eigenvalue weighted by molar-refractivity contribution is 0.347. The first kappa shape index (κ1) is 15.7. The molecule has 0 atom stereocenters. The Hall–Kier alpha value is -0.650. The summed E-state index contributed by atoms with van der Waals surface area (Å²) in [7, 11) is -3.47. The summed E-state index contributed by atoms with van der Waals surface area (Å²) in [6.07, 6.45) is 5.76. The molecule has 0 spiro atoms. The van der Waals surface area contributed by atoms with Crippen LogP contribution in [0.3, 0.4) is 0 Å². The highest BCUT2D eigenvalue weighted by atomic mass is 79.9. The maximum absolute atomic E-state index is 12.9. The van der Waals surface area contributed by atoms with E-state index in [0.717, 1.165) is 35.7 Å². The zero-order valence-electron chi connectivity index (χ0n) is 11.7. The zero-order valence-corrected chi connectivity index (χ0v) is 14.1. The Morgan fingerprint density at radius 2 is 2.05 bits per heavy atom. The number of benzene rings is 1. The standard InChI is InChI=1S/C15H20BrNO2S/c1-3-10-17(14-6-4-5-7-14)20(18,19)15-11-13(16)9-8-12(15)2/h3,8-9,11,14H,1,4-7,10H2,2H3. The van der Waals surface area contributed by atoms with Gasteiger partial charge in [-0.15, -0.1) is 6.58 Å². The predicted molar refractivity (Wildman–Crippen MR) is 85.2 cm³/mol. The predicted octanol–water partition coefficient (Wildman–Crippen LogP) is 3.88. The van der Waals surface area contributed by atoms with Gasteiger partial charge in [0, 0.05) is 17.1 Å². The average Bonchev–Trinajstić information content (AvgIpc) is 2.92. The van der Waals surface area contributed by atoms with E-state index in [4.69, 9.17) is 0 Å². The molecule has 0 saturated heterocycles. The zero-order chi connectivity index (χ0) is 14.8. The maximum atomic E-state index is 12.9. The van der Waals surface area contributed by atoms with Gasteiger partial charge in [-0.1, -0.05) is 40.9 Å². The van der Waals surface area contributed by atoms with Crippen molar-refractivity contribution < 1.29 is 8.42 Å². The minimum absolute atomic E-state index is 0.108. The van der Waals surface area contributed by atoms with Crippen LogP contribution in [0.5, 0.6) is 0 Å². The number of hydrogen-bond acceptors (Lipinski definition) is 2. The maximum Gasteiger partial charge on any atom is 0.243 e. The summed E-state index contributed by atoms with van der Waals surface area (Å²) in [4.78, 5) is 0.389. The molecule has 0 radical (unpaired) electrons. The van der Waals surface area contributed by atoms with Crippen LogP contribution in [-0.4, -0.2) is 25.3 Å². The second-order valence-electron chi connectivity index (χ2n) is 5.21. The van der Waals surface area contributed by atoms with Gasteiger partial charge in [-0.05, 0) is 37.5 Å². The third kappa shape index (κ3) is 3.15. The van der Waals surface area contributed by atoms with Crippen LogP contribution in [0.15, 0.2) is 40.2 Å². The van der Waals surface area contributed by atoms with Gasteiger partial charge in [0.25, 0.3) is 0 Å². The van der Waals surface area contributed by atoms with Gasteiger partial charge in [0.15, 0.2) is 0 Å². The molecule has 0 aromatic heterocycles. The van der Waals surface area contributed by atoms with Gasteiger partial charge in [0.05, 0.1) is 4.90 Å². The number of hydrogen-bond donors (Lipinski definition) is 0. The van der Waals surface area contributed by atoms with Gasteiger partial charge in [0.1, 0.15) is 0 Å². The normalized spacial score (nSPS) is 16.8. The van der Waals surface area contributed by atoms with Crippen molar-refractivity contribution in [3.8, 4) is 0 Å². The highest BCUT2D eigenvalue weighted by molar-refractivity contribution is 9.10. The van der Waals surface area contributed by atoms with E-state index in [-0.39, 0.29) is 6.04 Å². The van der Waals surface area contributed by atoms with E-state index in [9.17, 15) is 8.42 Å². The topological polar surface area (TPSA) is 37.4 Å². The number of rotatable bonds is 5. The molecule has 110 valence electrons.